The number of fused-ring (bicyclic) bond motifs is 1. The lowest BCUT2D eigenvalue weighted by atomic mass is 10.1. The second-order valence-corrected chi connectivity index (χ2v) is 7.06. The molecule has 140 valence electrons. The fourth-order valence-electron chi connectivity index (χ4n) is 2.98. The number of thiophene rings is 1. The van der Waals surface area contributed by atoms with E-state index in [1.54, 1.807) is 19.1 Å². The Morgan fingerprint density at radius 3 is 2.93 bits per heavy atom. The highest BCUT2D eigenvalue weighted by Gasteiger charge is 2.28. The summed E-state index contributed by atoms with van der Waals surface area (Å²) in [4.78, 5) is 36.0. The summed E-state index contributed by atoms with van der Waals surface area (Å²) in [6.45, 7) is 2.01. The lowest BCUT2D eigenvalue weighted by Crippen LogP contribution is -2.13. The normalized spacial score (nSPS) is 12.8. The summed E-state index contributed by atoms with van der Waals surface area (Å²) in [7, 11) is 0. The Morgan fingerprint density at radius 2 is 2.19 bits per heavy atom. The minimum atomic E-state index is -0.490. The number of nitro groups is 1. The predicted molar refractivity (Wildman–Crippen MR) is 103 cm³/mol. The van der Waals surface area contributed by atoms with Gasteiger partial charge in [-0.3, -0.25) is 14.9 Å². The Morgan fingerprint density at radius 1 is 1.37 bits per heavy atom. The van der Waals surface area contributed by atoms with Gasteiger partial charge in [-0.25, -0.2) is 4.79 Å². The number of amides is 1. The molecular formula is C19H18N2O5S. The Hall–Kier alpha value is -3.00. The van der Waals surface area contributed by atoms with Gasteiger partial charge in [0.15, 0.2) is 0 Å². The molecule has 3 rings (SSSR count). The summed E-state index contributed by atoms with van der Waals surface area (Å²) in [5, 5.41) is 14.1. The Kier molecular flexibility index (Phi) is 5.66. The highest BCUT2D eigenvalue weighted by atomic mass is 32.1. The molecule has 0 unspecified atom stereocenters. The first-order chi connectivity index (χ1) is 13.0. The average Bonchev–Trinajstić information content (AvgIpc) is 3.21. The molecule has 1 N–H and O–H groups in total. The van der Waals surface area contributed by atoms with Gasteiger partial charge in [0.25, 0.3) is 5.69 Å². The number of nitro benzene ring substituents is 1. The molecular weight excluding hydrogens is 368 g/mol. The number of nitrogens with one attached hydrogen (secondary N) is 1. The maximum absolute atomic E-state index is 12.3. The lowest BCUT2D eigenvalue weighted by Gasteiger charge is -2.06. The van der Waals surface area contributed by atoms with Gasteiger partial charge in [0.05, 0.1) is 17.1 Å². The van der Waals surface area contributed by atoms with Crippen LogP contribution in [-0.4, -0.2) is 23.4 Å². The third kappa shape index (κ3) is 4.22. The molecule has 27 heavy (non-hydrogen) atoms. The van der Waals surface area contributed by atoms with Gasteiger partial charge in [0.2, 0.25) is 5.91 Å². The molecule has 0 atom stereocenters. The quantitative estimate of drug-likeness (QED) is 0.350. The van der Waals surface area contributed by atoms with Crippen molar-refractivity contribution in [3.63, 3.8) is 0 Å². The predicted octanol–water partition coefficient (Wildman–Crippen LogP) is 3.97. The van der Waals surface area contributed by atoms with Crippen LogP contribution < -0.4 is 5.32 Å². The molecule has 0 saturated heterocycles. The Balaban J connectivity index is 1.77. The minimum absolute atomic E-state index is 0.0446. The number of carbonyl (C=O) groups is 2. The van der Waals surface area contributed by atoms with Gasteiger partial charge >= 0.3 is 5.97 Å². The molecule has 7 nitrogen and oxygen atoms in total. The van der Waals surface area contributed by atoms with Gasteiger partial charge in [0, 0.05) is 23.1 Å². The van der Waals surface area contributed by atoms with E-state index in [2.05, 4.69) is 5.32 Å². The number of hydrogen-bond acceptors (Lipinski definition) is 6. The first-order valence-corrected chi connectivity index (χ1v) is 9.36. The molecule has 0 aliphatic heterocycles. The molecule has 0 bridgehead atoms. The van der Waals surface area contributed by atoms with Crippen LogP contribution in [0.3, 0.4) is 0 Å². The molecule has 1 aromatic carbocycles. The number of aryl methyl sites for hydroxylation is 1. The molecule has 1 heterocycles. The third-order valence-corrected chi connectivity index (χ3v) is 5.35. The second kappa shape index (κ2) is 8.13. The molecule has 0 saturated carbocycles. The van der Waals surface area contributed by atoms with Crippen LogP contribution in [0.4, 0.5) is 10.7 Å². The molecule has 8 heteroatoms. The highest BCUT2D eigenvalue weighted by Crippen LogP contribution is 2.39. The molecule has 1 aromatic heterocycles. The van der Waals surface area contributed by atoms with Crippen molar-refractivity contribution in [1.29, 1.82) is 0 Å². The number of esters is 1. The summed E-state index contributed by atoms with van der Waals surface area (Å²) in [6, 6.07) is 5.99. The number of anilines is 1. The van der Waals surface area contributed by atoms with Crippen LogP contribution in [0, 0.1) is 10.1 Å². The first kappa shape index (κ1) is 18.8. The smallest absolute Gasteiger partial charge is 0.341 e. The topological polar surface area (TPSA) is 98.5 Å². The lowest BCUT2D eigenvalue weighted by molar-refractivity contribution is -0.384. The van der Waals surface area contributed by atoms with E-state index in [-0.39, 0.29) is 12.3 Å². The Labute approximate surface area is 159 Å². The van der Waals surface area contributed by atoms with Crippen LogP contribution in [0.1, 0.15) is 39.7 Å². The fourth-order valence-corrected chi connectivity index (χ4v) is 4.26. The summed E-state index contributed by atoms with van der Waals surface area (Å²) in [5.74, 6) is -0.832. The average molecular weight is 386 g/mol. The maximum atomic E-state index is 12.3. The second-order valence-electron chi connectivity index (χ2n) is 5.96. The van der Waals surface area contributed by atoms with Crippen molar-refractivity contribution in [1.82, 2.24) is 0 Å². The largest absolute Gasteiger partial charge is 0.462 e. The fraction of sp³-hybridized carbons (Fsp3) is 0.263. The van der Waals surface area contributed by atoms with Crippen LogP contribution in [0.5, 0.6) is 0 Å². The van der Waals surface area contributed by atoms with E-state index in [4.69, 9.17) is 4.74 Å². The number of benzene rings is 1. The van der Waals surface area contributed by atoms with E-state index in [9.17, 15) is 19.7 Å². The number of hydrogen-bond donors (Lipinski definition) is 1. The van der Waals surface area contributed by atoms with Crippen LogP contribution in [-0.2, 0) is 22.4 Å². The first-order valence-electron chi connectivity index (χ1n) is 8.54. The van der Waals surface area contributed by atoms with Gasteiger partial charge < -0.3 is 10.1 Å². The van der Waals surface area contributed by atoms with Crippen LogP contribution in [0.25, 0.3) is 6.08 Å². The van der Waals surface area contributed by atoms with Crippen molar-refractivity contribution in [2.24, 2.45) is 0 Å². The van der Waals surface area contributed by atoms with E-state index in [0.717, 1.165) is 29.7 Å². The van der Waals surface area contributed by atoms with Gasteiger partial charge in [-0.15, -0.1) is 11.3 Å². The van der Waals surface area contributed by atoms with E-state index < -0.39 is 16.8 Å². The molecule has 1 aliphatic carbocycles. The van der Waals surface area contributed by atoms with E-state index in [1.807, 2.05) is 0 Å². The van der Waals surface area contributed by atoms with Crippen molar-refractivity contribution in [2.45, 2.75) is 26.2 Å². The van der Waals surface area contributed by atoms with Gasteiger partial charge in [-0.2, -0.15) is 0 Å². The minimum Gasteiger partial charge on any atom is -0.462 e. The van der Waals surface area contributed by atoms with Crippen LogP contribution >= 0.6 is 11.3 Å². The van der Waals surface area contributed by atoms with E-state index in [1.165, 1.54) is 35.6 Å². The van der Waals surface area contributed by atoms with E-state index in [0.29, 0.717) is 16.1 Å². The van der Waals surface area contributed by atoms with E-state index >= 15 is 0 Å². The maximum Gasteiger partial charge on any atom is 0.341 e. The van der Waals surface area contributed by atoms with Gasteiger partial charge in [0.1, 0.15) is 5.00 Å². The summed E-state index contributed by atoms with van der Waals surface area (Å²) in [6.07, 6.45) is 5.48. The standard InChI is InChI=1S/C19H18N2O5S/c1-2-26-19(23)17-14-7-4-8-15(14)27-18(17)20-16(22)10-9-12-5-3-6-13(11-12)21(24)25/h3,5-6,9-11H,2,4,7-8H2,1H3,(H,20,22)/b10-9-. The molecule has 1 aliphatic rings. The molecule has 0 radical (unpaired) electrons. The molecule has 1 amide bonds. The van der Waals surface area contributed by atoms with Crippen molar-refractivity contribution in [2.75, 3.05) is 11.9 Å². The number of carbonyl (C=O) groups excluding carboxylic acids is 2. The zero-order chi connectivity index (χ0) is 19.4. The highest BCUT2D eigenvalue weighted by molar-refractivity contribution is 7.17. The van der Waals surface area contributed by atoms with Gasteiger partial charge in [-0.05, 0) is 43.4 Å². The molecule has 0 fully saturated rings. The zero-order valence-corrected chi connectivity index (χ0v) is 15.5. The molecule has 0 spiro atoms. The van der Waals surface area contributed by atoms with Gasteiger partial charge in [-0.1, -0.05) is 12.1 Å². The number of ether oxygens (including phenoxy) is 1. The van der Waals surface area contributed by atoms with Crippen molar-refractivity contribution in [3.8, 4) is 0 Å². The Bertz CT molecular complexity index is 932. The number of non-ortho nitro benzene ring substituents is 1. The summed E-state index contributed by atoms with van der Waals surface area (Å²) < 4.78 is 5.13. The summed E-state index contributed by atoms with van der Waals surface area (Å²) >= 11 is 1.40. The van der Waals surface area contributed by atoms with Crippen LogP contribution in [0.2, 0.25) is 0 Å². The summed E-state index contributed by atoms with van der Waals surface area (Å²) in [5.41, 5.74) is 1.92. The van der Waals surface area contributed by atoms with Crippen molar-refractivity contribution in [3.05, 3.63) is 62.0 Å². The SMILES string of the molecule is CCOC(=O)c1c(NC(=O)/C=C\c2cccc([N+](=O)[O-])c2)sc2c1CCC2. The third-order valence-electron chi connectivity index (χ3n) is 4.15. The number of nitrogens with zero attached hydrogens (tertiary/aromatic N) is 1. The monoisotopic (exact) mass is 386 g/mol. The van der Waals surface area contributed by atoms with Crippen molar-refractivity contribution >= 4 is 40.0 Å². The zero-order valence-electron chi connectivity index (χ0n) is 14.7. The molecule has 2 aromatic rings. The van der Waals surface area contributed by atoms with Crippen LogP contribution in [0.15, 0.2) is 30.3 Å². The number of rotatable bonds is 6. The van der Waals surface area contributed by atoms with Crippen molar-refractivity contribution < 1.29 is 19.2 Å².